The van der Waals surface area contributed by atoms with Crippen LogP contribution in [0.2, 0.25) is 0 Å². The highest BCUT2D eigenvalue weighted by Gasteiger charge is 2.42. The Morgan fingerprint density at radius 2 is 2.25 bits per heavy atom. The standard InChI is InChI=1S/C14H23F3N4OS.HI/c1-2-18-12(19-5-7-23-14(15,16)17)21-6-3-4-13(10-21)8-11(22)20-9-13;/h2-10H2,1H3,(H,18,19)(H,20,22);1H. The van der Waals surface area contributed by atoms with E-state index in [9.17, 15) is 18.0 Å². The fourth-order valence-corrected chi connectivity index (χ4v) is 3.58. The minimum Gasteiger partial charge on any atom is -0.357 e. The van der Waals surface area contributed by atoms with E-state index in [0.29, 0.717) is 32.0 Å². The zero-order chi connectivity index (χ0) is 16.9. The van der Waals surface area contributed by atoms with E-state index in [1.807, 2.05) is 6.92 Å². The Balaban J connectivity index is 0.00000288. The number of nitrogens with zero attached hydrogens (tertiary/aromatic N) is 2. The van der Waals surface area contributed by atoms with Crippen LogP contribution in [0.3, 0.4) is 0 Å². The van der Waals surface area contributed by atoms with Crippen LogP contribution in [0.5, 0.6) is 0 Å². The first-order chi connectivity index (χ1) is 10.8. The van der Waals surface area contributed by atoms with Crippen LogP contribution < -0.4 is 10.6 Å². The van der Waals surface area contributed by atoms with Crippen LogP contribution in [0.25, 0.3) is 0 Å². The molecule has 2 aliphatic heterocycles. The molecule has 0 aromatic carbocycles. The van der Waals surface area contributed by atoms with Gasteiger partial charge in [0.1, 0.15) is 0 Å². The summed E-state index contributed by atoms with van der Waals surface area (Å²) in [6.07, 6.45) is 2.47. The van der Waals surface area contributed by atoms with Crippen LogP contribution in [-0.4, -0.2) is 60.8 Å². The lowest BCUT2D eigenvalue weighted by molar-refractivity contribution is -0.119. The maximum atomic E-state index is 12.2. The van der Waals surface area contributed by atoms with Gasteiger partial charge >= 0.3 is 5.51 Å². The highest BCUT2D eigenvalue weighted by molar-refractivity contribution is 14.0. The summed E-state index contributed by atoms with van der Waals surface area (Å²) in [5.74, 6) is 0.640. The summed E-state index contributed by atoms with van der Waals surface area (Å²) in [4.78, 5) is 17.9. The number of hydrogen-bond acceptors (Lipinski definition) is 3. The zero-order valence-electron chi connectivity index (χ0n) is 13.6. The summed E-state index contributed by atoms with van der Waals surface area (Å²) < 4.78 is 36.5. The van der Waals surface area contributed by atoms with E-state index in [-0.39, 0.29) is 59.4 Å². The third-order valence-electron chi connectivity index (χ3n) is 4.11. The molecule has 2 aliphatic rings. The second-order valence-electron chi connectivity index (χ2n) is 6.01. The number of carbonyl (C=O) groups excluding carboxylic acids is 1. The number of alkyl halides is 3. The molecule has 0 aliphatic carbocycles. The Morgan fingerprint density at radius 3 is 2.83 bits per heavy atom. The monoisotopic (exact) mass is 480 g/mol. The van der Waals surface area contributed by atoms with E-state index < -0.39 is 5.51 Å². The number of rotatable bonds is 4. The van der Waals surface area contributed by atoms with Gasteiger partial charge < -0.3 is 15.5 Å². The molecule has 0 aromatic heterocycles. The molecule has 2 rings (SSSR count). The van der Waals surface area contributed by atoms with Gasteiger partial charge in [0.25, 0.3) is 0 Å². The number of amides is 1. The molecule has 140 valence electrons. The summed E-state index contributed by atoms with van der Waals surface area (Å²) >= 11 is -0.0486. The summed E-state index contributed by atoms with van der Waals surface area (Å²) in [6, 6.07) is 0. The van der Waals surface area contributed by atoms with Crippen molar-refractivity contribution in [3.63, 3.8) is 0 Å². The van der Waals surface area contributed by atoms with Crippen molar-refractivity contribution in [3.05, 3.63) is 0 Å². The number of aliphatic imine (C=N–C) groups is 1. The summed E-state index contributed by atoms with van der Waals surface area (Å²) in [7, 11) is 0. The number of halogens is 4. The molecule has 2 heterocycles. The molecule has 0 radical (unpaired) electrons. The summed E-state index contributed by atoms with van der Waals surface area (Å²) in [5.41, 5.74) is -4.27. The first kappa shape index (κ1) is 21.7. The number of nitrogens with one attached hydrogen (secondary N) is 2. The molecule has 0 bridgehead atoms. The van der Waals surface area contributed by atoms with E-state index in [1.165, 1.54) is 0 Å². The lowest BCUT2D eigenvalue weighted by atomic mass is 9.79. The van der Waals surface area contributed by atoms with Gasteiger partial charge in [0.05, 0.1) is 6.54 Å². The number of guanidine groups is 1. The average Bonchev–Trinajstić information content (AvgIpc) is 2.82. The van der Waals surface area contributed by atoms with Gasteiger partial charge in [0.15, 0.2) is 5.96 Å². The maximum Gasteiger partial charge on any atom is 0.441 e. The summed E-state index contributed by atoms with van der Waals surface area (Å²) in [6.45, 7) is 4.91. The fraction of sp³-hybridized carbons (Fsp3) is 0.857. The number of piperidine rings is 1. The topological polar surface area (TPSA) is 56.7 Å². The maximum absolute atomic E-state index is 12.2. The predicted octanol–water partition coefficient (Wildman–Crippen LogP) is 2.43. The van der Waals surface area contributed by atoms with Crippen molar-refractivity contribution in [2.75, 3.05) is 38.5 Å². The van der Waals surface area contributed by atoms with Gasteiger partial charge in [-0.25, -0.2) is 0 Å². The van der Waals surface area contributed by atoms with Gasteiger partial charge in [-0.2, -0.15) is 13.2 Å². The predicted molar refractivity (Wildman–Crippen MR) is 101 cm³/mol. The van der Waals surface area contributed by atoms with E-state index in [2.05, 4.69) is 20.5 Å². The third-order valence-corrected chi connectivity index (χ3v) is 4.82. The number of thioether (sulfide) groups is 1. The second kappa shape index (κ2) is 9.35. The minimum absolute atomic E-state index is 0. The third kappa shape index (κ3) is 6.49. The van der Waals surface area contributed by atoms with Crippen molar-refractivity contribution in [2.24, 2.45) is 10.4 Å². The molecule has 0 aromatic rings. The Hall–Kier alpha value is -0.390. The zero-order valence-corrected chi connectivity index (χ0v) is 16.8. The number of carbonyl (C=O) groups is 1. The van der Waals surface area contributed by atoms with Gasteiger partial charge in [-0.3, -0.25) is 9.79 Å². The van der Waals surface area contributed by atoms with Crippen LogP contribution in [0, 0.1) is 5.41 Å². The van der Waals surface area contributed by atoms with E-state index >= 15 is 0 Å². The minimum atomic E-state index is -4.21. The first-order valence-corrected chi connectivity index (χ1v) is 8.83. The molecular weight excluding hydrogens is 456 g/mol. The molecule has 1 atom stereocenters. The molecule has 1 spiro atoms. The number of hydrogen-bond donors (Lipinski definition) is 2. The number of likely N-dealkylation sites (tertiary alicyclic amines) is 1. The van der Waals surface area contributed by atoms with E-state index in [0.717, 1.165) is 19.4 Å². The molecule has 2 saturated heterocycles. The highest BCUT2D eigenvalue weighted by Crippen LogP contribution is 2.36. The van der Waals surface area contributed by atoms with Crippen molar-refractivity contribution in [1.29, 1.82) is 0 Å². The summed E-state index contributed by atoms with van der Waals surface area (Å²) in [5, 5.41) is 6.03. The molecule has 1 unspecified atom stereocenters. The fourth-order valence-electron chi connectivity index (χ4n) is 3.17. The van der Waals surface area contributed by atoms with Gasteiger partial charge in [0.2, 0.25) is 5.91 Å². The van der Waals surface area contributed by atoms with Crippen molar-refractivity contribution in [1.82, 2.24) is 15.5 Å². The Kier molecular flexibility index (Phi) is 8.43. The first-order valence-electron chi connectivity index (χ1n) is 7.84. The SMILES string of the molecule is CCNC(=NCCSC(F)(F)F)N1CCCC2(CNC(=O)C2)C1.I. The molecular formula is C14H24F3IN4OS. The van der Waals surface area contributed by atoms with E-state index in [4.69, 9.17) is 0 Å². The van der Waals surface area contributed by atoms with Crippen molar-refractivity contribution in [2.45, 2.75) is 31.7 Å². The van der Waals surface area contributed by atoms with Crippen molar-refractivity contribution >= 4 is 47.6 Å². The Labute approximate surface area is 161 Å². The van der Waals surface area contributed by atoms with Crippen LogP contribution >= 0.6 is 35.7 Å². The van der Waals surface area contributed by atoms with Crippen LogP contribution in [0.15, 0.2) is 4.99 Å². The molecule has 2 N–H and O–H groups in total. The molecule has 5 nitrogen and oxygen atoms in total. The highest BCUT2D eigenvalue weighted by atomic mass is 127. The lowest BCUT2D eigenvalue weighted by Crippen LogP contribution is -2.51. The van der Waals surface area contributed by atoms with Gasteiger partial charge in [-0.1, -0.05) is 0 Å². The van der Waals surface area contributed by atoms with Crippen LogP contribution in [0.1, 0.15) is 26.2 Å². The Morgan fingerprint density at radius 1 is 1.50 bits per heavy atom. The van der Waals surface area contributed by atoms with Crippen LogP contribution in [0.4, 0.5) is 13.2 Å². The molecule has 2 fully saturated rings. The normalized spacial score (nSPS) is 24.8. The van der Waals surface area contributed by atoms with Crippen molar-refractivity contribution < 1.29 is 18.0 Å². The van der Waals surface area contributed by atoms with Crippen molar-refractivity contribution in [3.8, 4) is 0 Å². The molecule has 24 heavy (non-hydrogen) atoms. The lowest BCUT2D eigenvalue weighted by Gasteiger charge is -2.40. The van der Waals surface area contributed by atoms with E-state index in [1.54, 1.807) is 0 Å². The van der Waals surface area contributed by atoms with Gasteiger partial charge in [-0.15, -0.1) is 24.0 Å². The molecule has 1 amide bonds. The van der Waals surface area contributed by atoms with Gasteiger partial charge in [0, 0.05) is 43.8 Å². The molecule has 10 heteroatoms. The largest absolute Gasteiger partial charge is 0.441 e. The smallest absolute Gasteiger partial charge is 0.357 e. The molecule has 0 saturated carbocycles. The Bertz CT molecular complexity index is 464. The van der Waals surface area contributed by atoms with Crippen LogP contribution in [-0.2, 0) is 4.79 Å². The quantitative estimate of drug-likeness (QED) is 0.281. The van der Waals surface area contributed by atoms with Gasteiger partial charge in [-0.05, 0) is 31.5 Å². The second-order valence-corrected chi connectivity index (χ2v) is 7.17. The average molecular weight is 480 g/mol.